The van der Waals surface area contributed by atoms with Gasteiger partial charge in [0.2, 0.25) is 0 Å². The molecule has 0 aliphatic heterocycles. The Kier molecular flexibility index (Phi) is 5.24. The predicted molar refractivity (Wildman–Crippen MR) is 69.2 cm³/mol. The van der Waals surface area contributed by atoms with E-state index in [0.29, 0.717) is 0 Å². The minimum absolute atomic E-state index is 0.395. The summed E-state index contributed by atoms with van der Waals surface area (Å²) < 4.78 is 15.0. The highest BCUT2D eigenvalue weighted by Crippen LogP contribution is 2.18. The molecule has 1 atom stereocenters. The van der Waals surface area contributed by atoms with Gasteiger partial charge in [0.15, 0.2) is 6.10 Å². The molecular formula is C14H18O4. The molecule has 0 amide bonds. The van der Waals surface area contributed by atoms with E-state index in [2.05, 4.69) is 4.74 Å². The Morgan fingerprint density at radius 1 is 1.22 bits per heavy atom. The van der Waals surface area contributed by atoms with Crippen molar-refractivity contribution >= 4 is 11.5 Å². The van der Waals surface area contributed by atoms with Crippen LogP contribution >= 0.6 is 0 Å². The Labute approximate surface area is 107 Å². The maximum absolute atomic E-state index is 11.2. The number of esters is 1. The fourth-order valence-corrected chi connectivity index (χ4v) is 1.35. The number of hydrogen-bond donors (Lipinski definition) is 0. The lowest BCUT2D eigenvalue weighted by Crippen LogP contribution is -2.19. The van der Waals surface area contributed by atoms with E-state index in [1.807, 2.05) is 31.2 Å². The Hall–Kier alpha value is -1.97. The molecule has 0 aliphatic carbocycles. The van der Waals surface area contributed by atoms with Gasteiger partial charge in [0.1, 0.15) is 5.75 Å². The lowest BCUT2D eigenvalue weighted by atomic mass is 10.1. The molecule has 4 heteroatoms. The van der Waals surface area contributed by atoms with Crippen molar-refractivity contribution in [2.45, 2.75) is 20.0 Å². The van der Waals surface area contributed by atoms with E-state index in [0.717, 1.165) is 16.9 Å². The van der Waals surface area contributed by atoms with Crippen molar-refractivity contribution in [2.24, 2.45) is 0 Å². The largest absolute Gasteiger partial charge is 0.497 e. The first kappa shape index (κ1) is 14.1. The molecule has 0 radical (unpaired) electrons. The fraction of sp³-hybridized carbons (Fsp3) is 0.357. The standard InChI is InChI=1S/C14H18O4/c1-10(9-18-11(2)14(15)17-4)12-5-7-13(16-3)8-6-12/h5-9,11H,1-4H3. The summed E-state index contributed by atoms with van der Waals surface area (Å²) in [7, 11) is 2.96. The van der Waals surface area contributed by atoms with Crippen LogP contribution in [0, 0.1) is 0 Å². The van der Waals surface area contributed by atoms with E-state index < -0.39 is 12.1 Å². The molecule has 1 unspecified atom stereocenters. The summed E-state index contributed by atoms with van der Waals surface area (Å²) in [6.45, 7) is 3.55. The Morgan fingerprint density at radius 2 is 1.83 bits per heavy atom. The van der Waals surface area contributed by atoms with Gasteiger partial charge >= 0.3 is 5.97 Å². The second-order valence-corrected chi connectivity index (χ2v) is 3.83. The van der Waals surface area contributed by atoms with Gasteiger partial charge in [0.25, 0.3) is 0 Å². The third kappa shape index (κ3) is 3.80. The summed E-state index contributed by atoms with van der Waals surface area (Å²) in [4.78, 5) is 11.2. The SMILES string of the molecule is COC(=O)C(C)OC=C(C)c1ccc(OC)cc1. The average molecular weight is 250 g/mol. The van der Waals surface area contributed by atoms with E-state index in [1.54, 1.807) is 20.3 Å². The fourth-order valence-electron chi connectivity index (χ4n) is 1.35. The van der Waals surface area contributed by atoms with Crippen LogP contribution in [0.25, 0.3) is 5.57 Å². The Bertz CT molecular complexity index is 420. The molecule has 1 aromatic carbocycles. The third-order valence-electron chi connectivity index (χ3n) is 2.53. The minimum atomic E-state index is -0.608. The molecule has 4 nitrogen and oxygen atoms in total. The van der Waals surface area contributed by atoms with Gasteiger partial charge in [-0.3, -0.25) is 0 Å². The molecule has 18 heavy (non-hydrogen) atoms. The van der Waals surface area contributed by atoms with Gasteiger partial charge in [-0.15, -0.1) is 0 Å². The molecular weight excluding hydrogens is 232 g/mol. The first-order chi connectivity index (χ1) is 8.58. The van der Waals surface area contributed by atoms with Crippen molar-refractivity contribution in [1.29, 1.82) is 0 Å². The number of rotatable bonds is 5. The summed E-state index contributed by atoms with van der Waals surface area (Å²) in [5.41, 5.74) is 1.93. The normalized spacial score (nSPS) is 12.8. The van der Waals surface area contributed by atoms with E-state index in [4.69, 9.17) is 9.47 Å². The monoisotopic (exact) mass is 250 g/mol. The number of benzene rings is 1. The zero-order valence-corrected chi connectivity index (χ0v) is 11.1. The molecule has 0 saturated heterocycles. The van der Waals surface area contributed by atoms with E-state index in [9.17, 15) is 4.79 Å². The first-order valence-corrected chi connectivity index (χ1v) is 5.63. The van der Waals surface area contributed by atoms with Gasteiger partial charge in [0, 0.05) is 0 Å². The van der Waals surface area contributed by atoms with Gasteiger partial charge in [0.05, 0.1) is 20.5 Å². The van der Waals surface area contributed by atoms with Crippen LogP contribution in [-0.4, -0.2) is 26.3 Å². The summed E-state index contributed by atoms with van der Waals surface area (Å²) in [5.74, 6) is 0.407. The zero-order chi connectivity index (χ0) is 13.5. The quantitative estimate of drug-likeness (QED) is 0.595. The number of allylic oxidation sites excluding steroid dienone is 1. The van der Waals surface area contributed by atoms with Gasteiger partial charge in [-0.2, -0.15) is 0 Å². The lowest BCUT2D eigenvalue weighted by molar-refractivity contribution is -0.149. The van der Waals surface area contributed by atoms with Crippen LogP contribution in [0.15, 0.2) is 30.5 Å². The van der Waals surface area contributed by atoms with E-state index in [1.165, 1.54) is 7.11 Å². The lowest BCUT2D eigenvalue weighted by Gasteiger charge is -2.10. The first-order valence-electron chi connectivity index (χ1n) is 5.63. The van der Waals surface area contributed by atoms with Crippen LogP contribution in [0.1, 0.15) is 19.4 Å². The topological polar surface area (TPSA) is 44.8 Å². The maximum Gasteiger partial charge on any atom is 0.346 e. The molecule has 1 rings (SSSR count). The van der Waals surface area contributed by atoms with Crippen LogP contribution < -0.4 is 4.74 Å². The second-order valence-electron chi connectivity index (χ2n) is 3.83. The summed E-state index contributed by atoms with van der Waals surface area (Å²) in [6.07, 6.45) is 0.951. The highest BCUT2D eigenvalue weighted by Gasteiger charge is 2.12. The third-order valence-corrected chi connectivity index (χ3v) is 2.53. The van der Waals surface area contributed by atoms with Gasteiger partial charge in [-0.05, 0) is 37.1 Å². The van der Waals surface area contributed by atoms with Gasteiger partial charge in [-0.1, -0.05) is 12.1 Å². The minimum Gasteiger partial charge on any atom is -0.497 e. The van der Waals surface area contributed by atoms with E-state index in [-0.39, 0.29) is 0 Å². The number of methoxy groups -OCH3 is 2. The summed E-state index contributed by atoms with van der Waals surface area (Å²) in [6, 6.07) is 7.60. The molecule has 0 heterocycles. The van der Waals surface area contributed by atoms with Crippen molar-refractivity contribution in [3.63, 3.8) is 0 Å². The van der Waals surface area contributed by atoms with E-state index >= 15 is 0 Å². The second kappa shape index (κ2) is 6.69. The molecule has 0 saturated carbocycles. The smallest absolute Gasteiger partial charge is 0.346 e. The van der Waals surface area contributed by atoms with Crippen molar-refractivity contribution < 1.29 is 19.0 Å². The maximum atomic E-state index is 11.2. The molecule has 0 spiro atoms. The van der Waals surface area contributed by atoms with Crippen LogP contribution in [-0.2, 0) is 14.3 Å². The molecule has 0 fully saturated rings. The number of carbonyl (C=O) groups is 1. The van der Waals surface area contributed by atoms with Crippen molar-refractivity contribution in [1.82, 2.24) is 0 Å². The predicted octanol–water partition coefficient (Wildman–Crippen LogP) is 2.63. The molecule has 0 N–H and O–H groups in total. The number of carbonyl (C=O) groups excluding carboxylic acids is 1. The molecule has 0 bridgehead atoms. The summed E-state index contributed by atoms with van der Waals surface area (Å²) in [5, 5.41) is 0. The highest BCUT2D eigenvalue weighted by atomic mass is 16.6. The van der Waals surface area contributed by atoms with Gasteiger partial charge < -0.3 is 14.2 Å². The van der Waals surface area contributed by atoms with Crippen LogP contribution in [0.3, 0.4) is 0 Å². The molecule has 1 aromatic rings. The Morgan fingerprint density at radius 3 is 2.33 bits per heavy atom. The Balaban J connectivity index is 2.67. The average Bonchev–Trinajstić information content (AvgIpc) is 2.43. The summed E-state index contributed by atoms with van der Waals surface area (Å²) >= 11 is 0. The van der Waals surface area contributed by atoms with Crippen LogP contribution in [0.5, 0.6) is 5.75 Å². The molecule has 0 aromatic heterocycles. The highest BCUT2D eigenvalue weighted by molar-refractivity contribution is 5.74. The molecule has 0 aliphatic rings. The number of hydrogen-bond acceptors (Lipinski definition) is 4. The van der Waals surface area contributed by atoms with Crippen molar-refractivity contribution in [3.05, 3.63) is 36.1 Å². The van der Waals surface area contributed by atoms with Crippen LogP contribution in [0.2, 0.25) is 0 Å². The van der Waals surface area contributed by atoms with Crippen molar-refractivity contribution in [2.75, 3.05) is 14.2 Å². The van der Waals surface area contributed by atoms with Crippen molar-refractivity contribution in [3.8, 4) is 5.75 Å². The zero-order valence-electron chi connectivity index (χ0n) is 11.1. The van der Waals surface area contributed by atoms with Crippen LogP contribution in [0.4, 0.5) is 0 Å². The number of ether oxygens (including phenoxy) is 3. The molecule has 98 valence electrons. The van der Waals surface area contributed by atoms with Gasteiger partial charge in [-0.25, -0.2) is 4.79 Å².